The van der Waals surface area contributed by atoms with Crippen LogP contribution in [-0.2, 0) is 0 Å². The fraction of sp³-hybridized carbons (Fsp3) is 0.600. The summed E-state index contributed by atoms with van der Waals surface area (Å²) in [4.78, 5) is 0. The molecule has 0 saturated heterocycles. The maximum atomic E-state index is 2.42. The molecule has 2 aliphatic carbocycles. The molecule has 0 aromatic rings. The molecule has 0 N–H and O–H groups in total. The van der Waals surface area contributed by atoms with Crippen molar-refractivity contribution in [2.45, 2.75) is 26.2 Å². The summed E-state index contributed by atoms with van der Waals surface area (Å²) in [5.41, 5.74) is 1.63. The van der Waals surface area contributed by atoms with Crippen LogP contribution >= 0.6 is 0 Å². The van der Waals surface area contributed by atoms with E-state index in [9.17, 15) is 0 Å². The Morgan fingerprint density at radius 3 is 3.10 bits per heavy atom. The molecule has 0 aromatic heterocycles. The highest BCUT2D eigenvalue weighted by Crippen LogP contribution is 2.35. The first kappa shape index (κ1) is 6.21. The smallest absolute Gasteiger partial charge is 0.0166 e. The predicted octanol–water partition coefficient (Wildman–Crippen LogP) is 2.92. The normalized spacial score (nSPS) is 37.5. The van der Waals surface area contributed by atoms with Gasteiger partial charge in [-0.05, 0) is 38.0 Å². The summed E-state index contributed by atoms with van der Waals surface area (Å²) in [5, 5.41) is 0. The average Bonchev–Trinajstić information content (AvgIpc) is 1.99. The summed E-state index contributed by atoms with van der Waals surface area (Å²) in [7, 11) is 0. The minimum Gasteiger partial charge on any atom is -0.0877 e. The lowest BCUT2D eigenvalue weighted by molar-refractivity contribution is 0.421. The van der Waals surface area contributed by atoms with Gasteiger partial charge < -0.3 is 0 Å². The van der Waals surface area contributed by atoms with E-state index in [0.29, 0.717) is 0 Å². The third kappa shape index (κ3) is 0.920. The maximum absolute atomic E-state index is 2.42. The van der Waals surface area contributed by atoms with E-state index in [-0.39, 0.29) is 0 Å². The third-order valence-corrected chi connectivity index (χ3v) is 2.80. The summed E-state index contributed by atoms with van der Waals surface area (Å²) in [6.45, 7) is 2.28. The topological polar surface area (TPSA) is 0 Å². The summed E-state index contributed by atoms with van der Waals surface area (Å²) in [6.07, 6.45) is 11.2. The Hall–Kier alpha value is -0.520. The molecule has 0 heteroatoms. The second kappa shape index (κ2) is 2.26. The van der Waals surface area contributed by atoms with Crippen LogP contribution in [0.3, 0.4) is 0 Å². The first-order chi connectivity index (χ1) is 4.86. The van der Waals surface area contributed by atoms with Crippen LogP contribution in [0, 0.1) is 11.8 Å². The maximum Gasteiger partial charge on any atom is -0.0166 e. The fourth-order valence-electron chi connectivity index (χ4n) is 2.03. The Morgan fingerprint density at radius 1 is 1.40 bits per heavy atom. The van der Waals surface area contributed by atoms with E-state index in [2.05, 4.69) is 25.2 Å². The van der Waals surface area contributed by atoms with Gasteiger partial charge in [-0.3, -0.25) is 0 Å². The Kier molecular flexibility index (Phi) is 1.40. The van der Waals surface area contributed by atoms with E-state index in [1.807, 2.05) is 0 Å². The van der Waals surface area contributed by atoms with Crippen LogP contribution in [0.25, 0.3) is 0 Å². The molecule has 0 saturated carbocycles. The Bertz CT molecular complexity index is 186. The molecule has 2 rings (SSSR count). The molecule has 10 heavy (non-hydrogen) atoms. The van der Waals surface area contributed by atoms with E-state index < -0.39 is 0 Å². The zero-order valence-electron chi connectivity index (χ0n) is 6.51. The molecule has 0 aliphatic heterocycles. The van der Waals surface area contributed by atoms with Gasteiger partial charge >= 0.3 is 0 Å². The zero-order chi connectivity index (χ0) is 6.97. The largest absolute Gasteiger partial charge is 0.0877 e. The van der Waals surface area contributed by atoms with Gasteiger partial charge in [0.2, 0.25) is 0 Å². The Balaban J connectivity index is 2.22. The minimum absolute atomic E-state index is 0.877. The number of fused-ring (bicyclic) bond motifs is 2. The highest BCUT2D eigenvalue weighted by molar-refractivity contribution is 5.15. The molecule has 0 spiro atoms. The van der Waals surface area contributed by atoms with Crippen LogP contribution in [-0.4, -0.2) is 0 Å². The summed E-state index contributed by atoms with van der Waals surface area (Å²) < 4.78 is 0. The van der Waals surface area contributed by atoms with Crippen molar-refractivity contribution < 1.29 is 0 Å². The van der Waals surface area contributed by atoms with Crippen molar-refractivity contribution >= 4 is 0 Å². The van der Waals surface area contributed by atoms with Gasteiger partial charge in [0.1, 0.15) is 0 Å². The minimum atomic E-state index is 0.877. The highest BCUT2D eigenvalue weighted by atomic mass is 14.3. The van der Waals surface area contributed by atoms with Crippen LogP contribution in [0.2, 0.25) is 0 Å². The van der Waals surface area contributed by atoms with Gasteiger partial charge in [-0.2, -0.15) is 0 Å². The van der Waals surface area contributed by atoms with Crippen LogP contribution in [0.5, 0.6) is 0 Å². The molecule has 2 bridgehead atoms. The van der Waals surface area contributed by atoms with Crippen LogP contribution in [0.1, 0.15) is 26.2 Å². The van der Waals surface area contributed by atoms with Crippen molar-refractivity contribution in [2.24, 2.45) is 11.8 Å². The molecule has 0 aromatic carbocycles. The number of hydrogen-bond acceptors (Lipinski definition) is 0. The second-order valence-electron chi connectivity index (χ2n) is 3.54. The molecule has 0 amide bonds. The van der Waals surface area contributed by atoms with E-state index in [4.69, 9.17) is 0 Å². The van der Waals surface area contributed by atoms with E-state index in [1.54, 1.807) is 5.57 Å². The van der Waals surface area contributed by atoms with Crippen molar-refractivity contribution in [1.82, 2.24) is 0 Å². The van der Waals surface area contributed by atoms with Gasteiger partial charge in [-0.25, -0.2) is 0 Å². The van der Waals surface area contributed by atoms with E-state index >= 15 is 0 Å². The zero-order valence-corrected chi connectivity index (χ0v) is 6.51. The number of hydrogen-bond donors (Lipinski definition) is 0. The molecule has 0 radical (unpaired) electrons. The first-order valence-electron chi connectivity index (χ1n) is 4.19. The van der Waals surface area contributed by atoms with Crippen molar-refractivity contribution in [3.63, 3.8) is 0 Å². The second-order valence-corrected chi connectivity index (χ2v) is 3.54. The molecule has 2 atom stereocenters. The fourth-order valence-corrected chi connectivity index (χ4v) is 2.03. The average molecular weight is 134 g/mol. The van der Waals surface area contributed by atoms with E-state index in [1.165, 1.54) is 19.3 Å². The van der Waals surface area contributed by atoms with Crippen molar-refractivity contribution in [2.75, 3.05) is 0 Å². The quantitative estimate of drug-likeness (QED) is 0.447. The molecular formula is C10H14. The van der Waals surface area contributed by atoms with Crippen LogP contribution in [0.4, 0.5) is 0 Å². The molecular weight excluding hydrogens is 120 g/mol. The van der Waals surface area contributed by atoms with Gasteiger partial charge in [-0.1, -0.05) is 23.8 Å². The lowest BCUT2D eigenvalue weighted by Gasteiger charge is -2.29. The molecule has 2 aliphatic rings. The number of rotatable bonds is 0. The van der Waals surface area contributed by atoms with Crippen molar-refractivity contribution in [3.8, 4) is 0 Å². The van der Waals surface area contributed by atoms with Gasteiger partial charge in [0, 0.05) is 0 Å². The standard InChI is InChI=1S/C10H14/c1-8-5-6-9-3-2-4-10(8)7-9/h2-3,5,9-10H,4,6-7H2,1H3/t9?,10-/m0/s1. The Labute approximate surface area is 62.6 Å². The van der Waals surface area contributed by atoms with Gasteiger partial charge in [0.05, 0.1) is 0 Å². The summed E-state index contributed by atoms with van der Waals surface area (Å²) in [5.74, 6) is 1.77. The molecule has 0 heterocycles. The molecule has 0 nitrogen and oxygen atoms in total. The molecule has 0 fully saturated rings. The monoisotopic (exact) mass is 134 g/mol. The first-order valence-corrected chi connectivity index (χ1v) is 4.19. The lowest BCUT2D eigenvalue weighted by atomic mass is 9.76. The van der Waals surface area contributed by atoms with Crippen LogP contribution < -0.4 is 0 Å². The summed E-state index contributed by atoms with van der Waals surface area (Å²) >= 11 is 0. The number of allylic oxidation sites excluding steroid dienone is 4. The van der Waals surface area contributed by atoms with Crippen molar-refractivity contribution in [1.29, 1.82) is 0 Å². The van der Waals surface area contributed by atoms with Crippen molar-refractivity contribution in [3.05, 3.63) is 23.8 Å². The Morgan fingerprint density at radius 2 is 2.30 bits per heavy atom. The predicted molar refractivity (Wildman–Crippen MR) is 43.7 cm³/mol. The van der Waals surface area contributed by atoms with Gasteiger partial charge in [0.15, 0.2) is 0 Å². The molecule has 54 valence electrons. The molecule has 1 unspecified atom stereocenters. The SMILES string of the molecule is CC1=CCC2C=CC[C@H]1C2. The van der Waals surface area contributed by atoms with Crippen LogP contribution in [0.15, 0.2) is 23.8 Å². The van der Waals surface area contributed by atoms with Gasteiger partial charge in [-0.15, -0.1) is 0 Å². The van der Waals surface area contributed by atoms with Gasteiger partial charge in [0.25, 0.3) is 0 Å². The lowest BCUT2D eigenvalue weighted by Crippen LogP contribution is -2.16. The highest BCUT2D eigenvalue weighted by Gasteiger charge is 2.21. The van der Waals surface area contributed by atoms with E-state index in [0.717, 1.165) is 11.8 Å². The summed E-state index contributed by atoms with van der Waals surface area (Å²) in [6, 6.07) is 0. The third-order valence-electron chi connectivity index (χ3n) is 2.80.